The molecule has 1 aromatic carbocycles. The number of amidine groups is 1. The van der Waals surface area contributed by atoms with Gasteiger partial charge in [0.2, 0.25) is 0 Å². The number of hydrogen-bond donors (Lipinski definition) is 3. The van der Waals surface area contributed by atoms with Gasteiger partial charge < -0.3 is 16.3 Å². The minimum Gasteiger partial charge on any atom is -0.409 e. The lowest BCUT2D eigenvalue weighted by atomic mass is 9.76. The van der Waals surface area contributed by atoms with E-state index >= 15 is 0 Å². The summed E-state index contributed by atoms with van der Waals surface area (Å²) in [6, 6.07) is 7.21. The third kappa shape index (κ3) is 3.37. The molecule has 2 rings (SSSR count). The fourth-order valence-electron chi connectivity index (χ4n) is 2.73. The van der Waals surface area contributed by atoms with Gasteiger partial charge in [-0.25, -0.2) is 0 Å². The summed E-state index contributed by atoms with van der Waals surface area (Å²) in [6.07, 6.45) is 3.24. The minimum absolute atomic E-state index is 0.0785. The zero-order chi connectivity index (χ0) is 15.5. The first-order chi connectivity index (χ1) is 9.98. The predicted octanol–water partition coefficient (Wildman–Crippen LogP) is 2.87. The summed E-state index contributed by atoms with van der Waals surface area (Å²) < 4.78 is 0.723. The molecule has 1 aliphatic rings. The molecule has 0 unspecified atom stereocenters. The SMILES string of the molecule is CC1CCC(NC(=O)c2ccccc2Br)(/C(N)=N/O)CC1. The normalized spacial score (nSPS) is 26.4. The van der Waals surface area contributed by atoms with Crippen molar-refractivity contribution in [1.82, 2.24) is 5.32 Å². The smallest absolute Gasteiger partial charge is 0.253 e. The van der Waals surface area contributed by atoms with Crippen LogP contribution in [0.5, 0.6) is 0 Å². The number of carbonyl (C=O) groups is 1. The van der Waals surface area contributed by atoms with E-state index in [0.29, 0.717) is 24.3 Å². The summed E-state index contributed by atoms with van der Waals surface area (Å²) in [6.45, 7) is 2.17. The topological polar surface area (TPSA) is 87.7 Å². The molecule has 0 aliphatic heterocycles. The molecule has 6 heteroatoms. The number of nitrogens with zero attached hydrogens (tertiary/aromatic N) is 1. The average molecular weight is 354 g/mol. The number of rotatable bonds is 3. The fraction of sp³-hybridized carbons (Fsp3) is 0.467. The van der Waals surface area contributed by atoms with E-state index < -0.39 is 5.54 Å². The standard InChI is InChI=1S/C15H20BrN3O2/c1-10-6-8-15(9-7-10,14(17)19-21)18-13(20)11-4-2-3-5-12(11)16/h2-5,10,21H,6-9H2,1H3,(H2,17,19)(H,18,20). The number of oxime groups is 1. The van der Waals surface area contributed by atoms with Gasteiger partial charge in [0.1, 0.15) is 5.54 Å². The Balaban J connectivity index is 2.24. The number of carbonyl (C=O) groups excluding carboxylic acids is 1. The Hall–Kier alpha value is -1.56. The number of amides is 1. The highest BCUT2D eigenvalue weighted by atomic mass is 79.9. The summed E-state index contributed by atoms with van der Waals surface area (Å²) in [5.74, 6) is 0.448. The molecule has 1 aliphatic carbocycles. The van der Waals surface area contributed by atoms with Crippen molar-refractivity contribution in [3.63, 3.8) is 0 Å². The first-order valence-electron chi connectivity index (χ1n) is 7.03. The second kappa shape index (κ2) is 6.47. The Labute approximate surface area is 132 Å². The van der Waals surface area contributed by atoms with E-state index in [4.69, 9.17) is 10.9 Å². The van der Waals surface area contributed by atoms with Crippen molar-refractivity contribution in [1.29, 1.82) is 0 Å². The minimum atomic E-state index is -0.756. The Morgan fingerprint density at radius 3 is 2.62 bits per heavy atom. The van der Waals surface area contributed by atoms with E-state index in [2.05, 4.69) is 33.3 Å². The average Bonchev–Trinajstić information content (AvgIpc) is 2.49. The van der Waals surface area contributed by atoms with Crippen molar-refractivity contribution in [3.05, 3.63) is 34.3 Å². The number of hydrogen-bond acceptors (Lipinski definition) is 3. The number of nitrogens with two attached hydrogens (primary N) is 1. The maximum atomic E-state index is 12.5. The van der Waals surface area contributed by atoms with Crippen molar-refractivity contribution in [2.45, 2.75) is 38.1 Å². The first kappa shape index (κ1) is 15.8. The van der Waals surface area contributed by atoms with Crippen LogP contribution in [0, 0.1) is 5.92 Å². The van der Waals surface area contributed by atoms with Crippen LogP contribution in [0.1, 0.15) is 43.0 Å². The fourth-order valence-corrected chi connectivity index (χ4v) is 3.19. The highest BCUT2D eigenvalue weighted by Crippen LogP contribution is 2.32. The lowest BCUT2D eigenvalue weighted by Crippen LogP contribution is -2.59. The molecule has 0 saturated heterocycles. The van der Waals surface area contributed by atoms with Gasteiger partial charge in [0.15, 0.2) is 5.84 Å². The van der Waals surface area contributed by atoms with Crippen LogP contribution in [0.3, 0.4) is 0 Å². The van der Waals surface area contributed by atoms with Crippen LogP contribution >= 0.6 is 15.9 Å². The Morgan fingerprint density at radius 2 is 2.05 bits per heavy atom. The highest BCUT2D eigenvalue weighted by molar-refractivity contribution is 9.10. The third-order valence-electron chi connectivity index (χ3n) is 4.20. The predicted molar refractivity (Wildman–Crippen MR) is 85.4 cm³/mol. The van der Waals surface area contributed by atoms with E-state index in [1.165, 1.54) is 0 Å². The lowest BCUT2D eigenvalue weighted by Gasteiger charge is -2.39. The summed E-state index contributed by atoms with van der Waals surface area (Å²) in [4.78, 5) is 12.5. The van der Waals surface area contributed by atoms with Crippen LogP contribution in [0.25, 0.3) is 0 Å². The molecule has 5 nitrogen and oxygen atoms in total. The molecule has 21 heavy (non-hydrogen) atoms. The van der Waals surface area contributed by atoms with Gasteiger partial charge in [0, 0.05) is 4.47 Å². The van der Waals surface area contributed by atoms with Crippen LogP contribution in [0.4, 0.5) is 0 Å². The van der Waals surface area contributed by atoms with E-state index in [1.807, 2.05) is 12.1 Å². The molecule has 0 spiro atoms. The van der Waals surface area contributed by atoms with Crippen LogP contribution in [0.2, 0.25) is 0 Å². The van der Waals surface area contributed by atoms with E-state index in [-0.39, 0.29) is 11.7 Å². The van der Waals surface area contributed by atoms with Crippen molar-refractivity contribution in [2.75, 3.05) is 0 Å². The largest absolute Gasteiger partial charge is 0.409 e. The van der Waals surface area contributed by atoms with Crippen molar-refractivity contribution < 1.29 is 10.0 Å². The van der Waals surface area contributed by atoms with Gasteiger partial charge in [-0.05, 0) is 59.7 Å². The molecule has 0 aromatic heterocycles. The number of benzene rings is 1. The highest BCUT2D eigenvalue weighted by Gasteiger charge is 2.40. The summed E-state index contributed by atoms with van der Waals surface area (Å²) in [7, 11) is 0. The maximum absolute atomic E-state index is 12.5. The molecule has 0 heterocycles. The maximum Gasteiger partial charge on any atom is 0.253 e. The quantitative estimate of drug-likeness (QED) is 0.338. The molecular weight excluding hydrogens is 334 g/mol. The van der Waals surface area contributed by atoms with E-state index in [1.54, 1.807) is 12.1 Å². The molecule has 0 bridgehead atoms. The zero-order valence-electron chi connectivity index (χ0n) is 12.0. The summed E-state index contributed by atoms with van der Waals surface area (Å²) >= 11 is 3.37. The van der Waals surface area contributed by atoms with Crippen molar-refractivity contribution >= 4 is 27.7 Å². The molecule has 1 amide bonds. The van der Waals surface area contributed by atoms with Gasteiger partial charge in [0.25, 0.3) is 5.91 Å². The Bertz CT molecular complexity index is 552. The monoisotopic (exact) mass is 353 g/mol. The Kier molecular flexibility index (Phi) is 4.88. The van der Waals surface area contributed by atoms with Gasteiger partial charge >= 0.3 is 0 Å². The van der Waals surface area contributed by atoms with Crippen molar-refractivity contribution in [2.24, 2.45) is 16.8 Å². The van der Waals surface area contributed by atoms with Gasteiger partial charge in [-0.2, -0.15) is 0 Å². The summed E-state index contributed by atoms with van der Waals surface area (Å²) in [5.41, 5.74) is 5.65. The molecule has 4 N–H and O–H groups in total. The molecule has 114 valence electrons. The lowest BCUT2D eigenvalue weighted by molar-refractivity contribution is 0.0896. The van der Waals surface area contributed by atoms with Crippen LogP contribution in [-0.2, 0) is 0 Å². The van der Waals surface area contributed by atoms with Crippen LogP contribution < -0.4 is 11.1 Å². The first-order valence-corrected chi connectivity index (χ1v) is 7.83. The second-order valence-electron chi connectivity index (χ2n) is 5.68. The molecule has 0 radical (unpaired) electrons. The summed E-state index contributed by atoms with van der Waals surface area (Å²) in [5, 5.41) is 15.2. The second-order valence-corrected chi connectivity index (χ2v) is 6.54. The number of nitrogens with one attached hydrogen (secondary N) is 1. The number of halogens is 1. The van der Waals surface area contributed by atoms with E-state index in [0.717, 1.165) is 17.3 Å². The van der Waals surface area contributed by atoms with Crippen LogP contribution in [0.15, 0.2) is 33.9 Å². The Morgan fingerprint density at radius 1 is 1.43 bits per heavy atom. The van der Waals surface area contributed by atoms with Crippen molar-refractivity contribution in [3.8, 4) is 0 Å². The molecular formula is C15H20BrN3O2. The molecule has 1 saturated carbocycles. The molecule has 1 fully saturated rings. The van der Waals surface area contributed by atoms with Gasteiger partial charge in [-0.15, -0.1) is 0 Å². The van der Waals surface area contributed by atoms with Gasteiger partial charge in [-0.1, -0.05) is 24.2 Å². The van der Waals surface area contributed by atoms with Gasteiger partial charge in [0.05, 0.1) is 5.56 Å². The molecule has 0 atom stereocenters. The third-order valence-corrected chi connectivity index (χ3v) is 4.89. The van der Waals surface area contributed by atoms with E-state index in [9.17, 15) is 4.79 Å². The molecule has 1 aromatic rings. The van der Waals surface area contributed by atoms with Gasteiger partial charge in [-0.3, -0.25) is 4.79 Å². The zero-order valence-corrected chi connectivity index (χ0v) is 13.6. The van der Waals surface area contributed by atoms with Crippen LogP contribution in [-0.4, -0.2) is 22.5 Å².